The molecule has 0 radical (unpaired) electrons. The average Bonchev–Trinajstić information content (AvgIpc) is 2.52. The van der Waals surface area contributed by atoms with E-state index in [-0.39, 0.29) is 18.9 Å². The number of benzene rings is 1. The Kier molecular flexibility index (Phi) is 5.60. The Morgan fingerprint density at radius 1 is 1.10 bits per heavy atom. The number of rotatable bonds is 6. The molecule has 0 aromatic heterocycles. The van der Waals surface area contributed by atoms with E-state index in [9.17, 15) is 9.59 Å². The maximum absolute atomic E-state index is 12.4. The van der Waals surface area contributed by atoms with E-state index in [4.69, 9.17) is 5.11 Å². The molecule has 0 aliphatic carbocycles. The van der Waals surface area contributed by atoms with E-state index in [2.05, 4.69) is 0 Å². The predicted octanol–water partition coefficient (Wildman–Crippen LogP) is 1.98. The van der Waals surface area contributed by atoms with Crippen molar-refractivity contribution in [3.8, 4) is 0 Å². The van der Waals surface area contributed by atoms with Crippen LogP contribution in [0.5, 0.6) is 0 Å². The van der Waals surface area contributed by atoms with Crippen LogP contribution in [0.1, 0.15) is 25.7 Å². The molecule has 1 saturated heterocycles. The summed E-state index contributed by atoms with van der Waals surface area (Å²) >= 11 is 0. The molecule has 1 amide bonds. The van der Waals surface area contributed by atoms with Crippen LogP contribution in [-0.4, -0.2) is 48.1 Å². The molecule has 5 nitrogen and oxygen atoms in total. The first-order valence-electron chi connectivity index (χ1n) is 7.46. The second kappa shape index (κ2) is 7.67. The smallest absolute Gasteiger partial charge is 0.305 e. The maximum Gasteiger partial charge on any atom is 0.305 e. The van der Waals surface area contributed by atoms with Gasteiger partial charge in [-0.25, -0.2) is 0 Å². The molecule has 21 heavy (non-hydrogen) atoms. The van der Waals surface area contributed by atoms with Crippen molar-refractivity contribution in [1.82, 2.24) is 4.90 Å². The number of anilines is 1. The van der Waals surface area contributed by atoms with Crippen LogP contribution in [0.2, 0.25) is 0 Å². The summed E-state index contributed by atoms with van der Waals surface area (Å²) in [5.41, 5.74) is 0.893. The fraction of sp³-hybridized carbons (Fsp3) is 0.500. The van der Waals surface area contributed by atoms with E-state index >= 15 is 0 Å². The Hall–Kier alpha value is -2.04. The summed E-state index contributed by atoms with van der Waals surface area (Å²) in [7, 11) is 0. The second-order valence-electron chi connectivity index (χ2n) is 5.34. The van der Waals surface area contributed by atoms with Crippen molar-refractivity contribution >= 4 is 17.6 Å². The molecule has 114 valence electrons. The molecule has 1 aliphatic rings. The number of carboxylic acids is 1. The number of carbonyl (C=O) groups excluding carboxylic acids is 1. The largest absolute Gasteiger partial charge is 0.481 e. The van der Waals surface area contributed by atoms with Gasteiger partial charge in [-0.1, -0.05) is 18.2 Å². The summed E-state index contributed by atoms with van der Waals surface area (Å²) in [5, 5.41) is 8.87. The molecule has 0 unspecified atom stereocenters. The average molecular weight is 290 g/mol. The third-order valence-corrected chi connectivity index (χ3v) is 3.75. The molecule has 0 saturated carbocycles. The third kappa shape index (κ3) is 4.77. The summed E-state index contributed by atoms with van der Waals surface area (Å²) in [6.45, 7) is 2.23. The van der Waals surface area contributed by atoms with Gasteiger partial charge in [0.15, 0.2) is 0 Å². The van der Waals surface area contributed by atoms with Crippen molar-refractivity contribution in [2.45, 2.75) is 25.7 Å². The molecule has 1 heterocycles. The fourth-order valence-corrected chi connectivity index (χ4v) is 2.58. The van der Waals surface area contributed by atoms with Gasteiger partial charge in [0.25, 0.3) is 0 Å². The Morgan fingerprint density at radius 2 is 1.76 bits per heavy atom. The first-order valence-corrected chi connectivity index (χ1v) is 7.46. The number of aliphatic carboxylic acids is 1. The summed E-state index contributed by atoms with van der Waals surface area (Å²) in [4.78, 5) is 26.9. The highest BCUT2D eigenvalue weighted by Crippen LogP contribution is 2.15. The number of carbonyl (C=O) groups is 2. The number of likely N-dealkylation sites (tertiary alicyclic amines) is 1. The van der Waals surface area contributed by atoms with Gasteiger partial charge in [0.2, 0.25) is 5.91 Å². The van der Waals surface area contributed by atoms with Gasteiger partial charge in [0.1, 0.15) is 0 Å². The van der Waals surface area contributed by atoms with E-state index < -0.39 is 5.97 Å². The normalized spacial score (nSPS) is 14.8. The lowest BCUT2D eigenvalue weighted by atomic mass is 10.1. The van der Waals surface area contributed by atoms with Gasteiger partial charge in [-0.05, 0) is 31.4 Å². The van der Waals surface area contributed by atoms with E-state index in [1.54, 1.807) is 0 Å². The van der Waals surface area contributed by atoms with Crippen molar-refractivity contribution in [3.05, 3.63) is 30.3 Å². The van der Waals surface area contributed by atoms with Crippen molar-refractivity contribution in [3.63, 3.8) is 0 Å². The van der Waals surface area contributed by atoms with Crippen molar-refractivity contribution in [2.24, 2.45) is 0 Å². The van der Waals surface area contributed by atoms with Crippen LogP contribution in [0, 0.1) is 0 Å². The summed E-state index contributed by atoms with van der Waals surface area (Å²) in [6, 6.07) is 9.52. The minimum atomic E-state index is -0.846. The van der Waals surface area contributed by atoms with Crippen LogP contribution in [0.15, 0.2) is 30.3 Å². The quantitative estimate of drug-likeness (QED) is 0.870. The standard InChI is InChI=1S/C16H22N2O3/c19-15(17-10-5-2-6-11-17)13-18(12-9-16(20)21)14-7-3-1-4-8-14/h1,3-4,7-8H,2,5-6,9-13H2,(H,20,21). The number of para-hydroxylation sites is 1. The Bertz CT molecular complexity index is 470. The summed E-state index contributed by atoms with van der Waals surface area (Å²) in [5.74, 6) is -0.759. The lowest BCUT2D eigenvalue weighted by Gasteiger charge is -2.30. The lowest BCUT2D eigenvalue weighted by molar-refractivity contribution is -0.137. The van der Waals surface area contributed by atoms with E-state index in [1.807, 2.05) is 40.1 Å². The van der Waals surface area contributed by atoms with Crippen molar-refractivity contribution in [1.29, 1.82) is 0 Å². The van der Waals surface area contributed by atoms with Crippen molar-refractivity contribution in [2.75, 3.05) is 31.1 Å². The number of piperidine rings is 1. The van der Waals surface area contributed by atoms with Gasteiger partial charge in [-0.15, -0.1) is 0 Å². The SMILES string of the molecule is O=C(O)CCN(CC(=O)N1CCCCC1)c1ccccc1. The monoisotopic (exact) mass is 290 g/mol. The van der Waals surface area contributed by atoms with Crippen LogP contribution < -0.4 is 4.90 Å². The molecule has 0 spiro atoms. The predicted molar refractivity (Wildman–Crippen MR) is 81.3 cm³/mol. The molecule has 2 rings (SSSR count). The van der Waals surface area contributed by atoms with Crippen LogP contribution in [0.4, 0.5) is 5.69 Å². The Morgan fingerprint density at radius 3 is 2.38 bits per heavy atom. The third-order valence-electron chi connectivity index (χ3n) is 3.75. The summed E-state index contributed by atoms with van der Waals surface area (Å²) in [6.07, 6.45) is 3.34. The molecule has 5 heteroatoms. The minimum Gasteiger partial charge on any atom is -0.481 e. The molecule has 0 atom stereocenters. The van der Waals surface area contributed by atoms with Crippen LogP contribution in [0.25, 0.3) is 0 Å². The minimum absolute atomic E-state index is 0.0299. The van der Waals surface area contributed by atoms with Gasteiger partial charge in [0, 0.05) is 25.3 Å². The van der Waals surface area contributed by atoms with Crippen LogP contribution >= 0.6 is 0 Å². The van der Waals surface area contributed by atoms with Gasteiger partial charge < -0.3 is 14.9 Å². The Balaban J connectivity index is 2.00. The molecule has 1 fully saturated rings. The lowest BCUT2D eigenvalue weighted by Crippen LogP contribution is -2.43. The fourth-order valence-electron chi connectivity index (χ4n) is 2.58. The molecule has 1 N–H and O–H groups in total. The van der Waals surface area contributed by atoms with E-state index in [1.165, 1.54) is 6.42 Å². The second-order valence-corrected chi connectivity index (χ2v) is 5.34. The number of amides is 1. The van der Waals surface area contributed by atoms with E-state index in [0.29, 0.717) is 6.54 Å². The molecule has 1 aromatic rings. The zero-order chi connectivity index (χ0) is 15.1. The summed E-state index contributed by atoms with van der Waals surface area (Å²) < 4.78 is 0. The van der Waals surface area contributed by atoms with E-state index in [0.717, 1.165) is 31.6 Å². The first kappa shape index (κ1) is 15.4. The zero-order valence-electron chi connectivity index (χ0n) is 12.2. The molecule has 1 aromatic carbocycles. The molecule has 1 aliphatic heterocycles. The van der Waals surface area contributed by atoms with Gasteiger partial charge in [-0.2, -0.15) is 0 Å². The molecular formula is C16H22N2O3. The topological polar surface area (TPSA) is 60.9 Å². The maximum atomic E-state index is 12.4. The van der Waals surface area contributed by atoms with Crippen LogP contribution in [-0.2, 0) is 9.59 Å². The number of nitrogens with zero attached hydrogens (tertiary/aromatic N) is 2. The van der Waals surface area contributed by atoms with Crippen molar-refractivity contribution < 1.29 is 14.7 Å². The Labute approximate surface area is 125 Å². The highest BCUT2D eigenvalue weighted by atomic mass is 16.4. The number of hydrogen-bond acceptors (Lipinski definition) is 3. The van der Waals surface area contributed by atoms with Gasteiger partial charge in [0.05, 0.1) is 13.0 Å². The highest BCUT2D eigenvalue weighted by Gasteiger charge is 2.20. The highest BCUT2D eigenvalue weighted by molar-refractivity contribution is 5.82. The van der Waals surface area contributed by atoms with Crippen LogP contribution in [0.3, 0.4) is 0 Å². The van der Waals surface area contributed by atoms with Gasteiger partial charge in [-0.3, -0.25) is 9.59 Å². The number of carboxylic acid groups (broad SMARTS) is 1. The molecule has 0 bridgehead atoms. The van der Waals surface area contributed by atoms with Gasteiger partial charge >= 0.3 is 5.97 Å². The first-order chi connectivity index (χ1) is 10.2. The zero-order valence-corrected chi connectivity index (χ0v) is 12.2. The molecular weight excluding hydrogens is 268 g/mol. The number of hydrogen-bond donors (Lipinski definition) is 1.